The first-order valence-electron chi connectivity index (χ1n) is 8.97. The van der Waals surface area contributed by atoms with Crippen LogP contribution in [0.1, 0.15) is 10.4 Å². The molecule has 0 atom stereocenters. The van der Waals surface area contributed by atoms with Crippen molar-refractivity contribution in [3.63, 3.8) is 0 Å². The van der Waals surface area contributed by atoms with E-state index in [2.05, 4.69) is 26.2 Å². The zero-order chi connectivity index (χ0) is 22.6. The van der Waals surface area contributed by atoms with Gasteiger partial charge in [0.2, 0.25) is 11.8 Å². The van der Waals surface area contributed by atoms with Crippen molar-refractivity contribution in [3.05, 3.63) is 54.1 Å². The van der Waals surface area contributed by atoms with Gasteiger partial charge in [0.05, 0.1) is 31.3 Å². The number of esters is 1. The number of thiocarbonyl (C=S) groups is 1. The molecule has 2 aromatic carbocycles. The number of methoxy groups -OCH3 is 2. The van der Waals surface area contributed by atoms with Crippen molar-refractivity contribution in [2.75, 3.05) is 36.4 Å². The van der Waals surface area contributed by atoms with Gasteiger partial charge >= 0.3 is 5.97 Å². The van der Waals surface area contributed by atoms with Gasteiger partial charge in [0, 0.05) is 11.4 Å². The van der Waals surface area contributed by atoms with Crippen LogP contribution in [0.25, 0.3) is 0 Å². The average molecular weight is 463 g/mol. The standard InChI is InChI=1S/C20H22N4O5S2/c1-28-16-9-7-14(8-10-16)21-17(25)11-31-12-18(26)23-24-20(30)22-15-5-3-13(4-6-15)19(27)29-2/h3-10H,11-12H2,1-2H3,(H,21,25)(H,23,26)(H2,22,24,30). The highest BCUT2D eigenvalue weighted by Gasteiger charge is 2.08. The molecule has 0 aliphatic carbocycles. The summed E-state index contributed by atoms with van der Waals surface area (Å²) in [5, 5.41) is 5.77. The number of thioether (sulfide) groups is 1. The Morgan fingerprint density at radius 2 is 1.42 bits per heavy atom. The number of carbonyl (C=O) groups is 3. The van der Waals surface area contributed by atoms with E-state index in [-0.39, 0.29) is 28.4 Å². The first-order chi connectivity index (χ1) is 14.9. The summed E-state index contributed by atoms with van der Waals surface area (Å²) in [7, 11) is 2.87. The molecule has 4 N–H and O–H groups in total. The van der Waals surface area contributed by atoms with Crippen LogP contribution < -0.4 is 26.2 Å². The Kier molecular flexibility index (Phi) is 9.59. The molecule has 2 amide bonds. The van der Waals surface area contributed by atoms with Crippen molar-refractivity contribution in [2.45, 2.75) is 0 Å². The summed E-state index contributed by atoms with van der Waals surface area (Å²) in [6, 6.07) is 13.4. The Morgan fingerprint density at radius 1 is 0.839 bits per heavy atom. The molecule has 0 heterocycles. The first kappa shape index (κ1) is 24.0. The molecule has 31 heavy (non-hydrogen) atoms. The molecule has 2 rings (SSSR count). The van der Waals surface area contributed by atoms with Gasteiger partial charge < -0.3 is 20.1 Å². The number of amides is 2. The maximum absolute atomic E-state index is 11.9. The van der Waals surface area contributed by atoms with E-state index in [4.69, 9.17) is 17.0 Å². The maximum Gasteiger partial charge on any atom is 0.337 e. The Balaban J connectivity index is 1.64. The van der Waals surface area contributed by atoms with Gasteiger partial charge in [-0.05, 0) is 60.7 Å². The second-order valence-corrected chi connectivity index (χ2v) is 7.36. The monoisotopic (exact) mass is 462 g/mol. The van der Waals surface area contributed by atoms with Gasteiger partial charge in [-0.25, -0.2) is 4.79 Å². The first-order valence-corrected chi connectivity index (χ1v) is 10.5. The van der Waals surface area contributed by atoms with Gasteiger partial charge in [-0.2, -0.15) is 0 Å². The molecule has 0 fully saturated rings. The fraction of sp³-hybridized carbons (Fsp3) is 0.200. The van der Waals surface area contributed by atoms with Crippen molar-refractivity contribution in [1.29, 1.82) is 0 Å². The predicted molar refractivity (Wildman–Crippen MR) is 124 cm³/mol. The summed E-state index contributed by atoms with van der Waals surface area (Å²) in [4.78, 5) is 35.2. The number of carbonyl (C=O) groups excluding carboxylic acids is 3. The van der Waals surface area contributed by atoms with Crippen LogP contribution >= 0.6 is 24.0 Å². The van der Waals surface area contributed by atoms with E-state index in [0.29, 0.717) is 22.7 Å². The van der Waals surface area contributed by atoms with Crippen LogP contribution in [-0.2, 0) is 14.3 Å². The second kappa shape index (κ2) is 12.4. The summed E-state index contributed by atoms with van der Waals surface area (Å²) in [6.07, 6.45) is 0. The molecule has 11 heteroatoms. The quantitative estimate of drug-likeness (QED) is 0.266. The van der Waals surface area contributed by atoms with Gasteiger partial charge in [0.15, 0.2) is 5.11 Å². The summed E-state index contributed by atoms with van der Waals surface area (Å²) < 4.78 is 9.69. The van der Waals surface area contributed by atoms with Crippen LogP contribution in [-0.4, -0.2) is 48.6 Å². The van der Waals surface area contributed by atoms with E-state index in [0.717, 1.165) is 11.8 Å². The molecule has 0 unspecified atom stereocenters. The molecule has 0 bridgehead atoms. The van der Waals surface area contributed by atoms with Gasteiger partial charge in [-0.15, -0.1) is 11.8 Å². The molecular weight excluding hydrogens is 440 g/mol. The molecule has 0 saturated heterocycles. The highest BCUT2D eigenvalue weighted by molar-refractivity contribution is 8.00. The minimum Gasteiger partial charge on any atom is -0.497 e. The molecule has 0 aliphatic rings. The predicted octanol–water partition coefficient (Wildman–Crippen LogP) is 2.17. The van der Waals surface area contributed by atoms with Crippen LogP contribution in [0.2, 0.25) is 0 Å². The Bertz CT molecular complexity index is 920. The lowest BCUT2D eigenvalue weighted by atomic mass is 10.2. The fourth-order valence-electron chi connectivity index (χ4n) is 2.24. The number of nitrogens with one attached hydrogen (secondary N) is 4. The fourth-order valence-corrected chi connectivity index (χ4v) is 3.03. The minimum absolute atomic E-state index is 0.0689. The zero-order valence-corrected chi connectivity index (χ0v) is 18.5. The van der Waals surface area contributed by atoms with E-state index >= 15 is 0 Å². The number of anilines is 2. The van der Waals surface area contributed by atoms with Gasteiger partial charge in [0.25, 0.3) is 0 Å². The third-order valence-electron chi connectivity index (χ3n) is 3.72. The van der Waals surface area contributed by atoms with Crippen molar-refractivity contribution < 1.29 is 23.9 Å². The van der Waals surface area contributed by atoms with Crippen LogP contribution in [0.4, 0.5) is 11.4 Å². The molecular formula is C20H22N4O5S2. The van der Waals surface area contributed by atoms with Crippen LogP contribution in [0.5, 0.6) is 5.75 Å². The Hall–Kier alpha value is -3.31. The van der Waals surface area contributed by atoms with Crippen molar-refractivity contribution in [2.24, 2.45) is 0 Å². The molecule has 9 nitrogen and oxygen atoms in total. The number of rotatable bonds is 8. The molecule has 0 aromatic heterocycles. The summed E-state index contributed by atoms with van der Waals surface area (Å²) in [6.45, 7) is 0. The molecule has 0 spiro atoms. The lowest BCUT2D eigenvalue weighted by Gasteiger charge is -2.12. The Labute approximate surface area is 189 Å². The lowest BCUT2D eigenvalue weighted by molar-refractivity contribution is -0.119. The summed E-state index contributed by atoms with van der Waals surface area (Å²) in [5.41, 5.74) is 6.70. The SMILES string of the molecule is COC(=O)c1ccc(NC(=S)NNC(=O)CSCC(=O)Nc2ccc(OC)cc2)cc1. The zero-order valence-electron chi connectivity index (χ0n) is 16.9. The van der Waals surface area contributed by atoms with Gasteiger partial charge in [-0.1, -0.05) is 0 Å². The van der Waals surface area contributed by atoms with E-state index in [9.17, 15) is 14.4 Å². The van der Waals surface area contributed by atoms with E-state index in [1.807, 2.05) is 0 Å². The minimum atomic E-state index is -0.435. The molecule has 164 valence electrons. The van der Waals surface area contributed by atoms with E-state index in [1.54, 1.807) is 55.6 Å². The van der Waals surface area contributed by atoms with Crippen LogP contribution in [0, 0.1) is 0 Å². The number of benzene rings is 2. The summed E-state index contributed by atoms with van der Waals surface area (Å²) >= 11 is 6.26. The van der Waals surface area contributed by atoms with Crippen LogP contribution in [0.15, 0.2) is 48.5 Å². The van der Waals surface area contributed by atoms with Crippen molar-refractivity contribution in [3.8, 4) is 5.75 Å². The third-order valence-corrected chi connectivity index (χ3v) is 4.86. The van der Waals surface area contributed by atoms with Gasteiger partial charge in [0.1, 0.15) is 5.75 Å². The van der Waals surface area contributed by atoms with Crippen LogP contribution in [0.3, 0.4) is 0 Å². The van der Waals surface area contributed by atoms with Crippen molar-refractivity contribution in [1.82, 2.24) is 10.9 Å². The maximum atomic E-state index is 11.9. The topological polar surface area (TPSA) is 118 Å². The van der Waals surface area contributed by atoms with Crippen molar-refractivity contribution >= 4 is 58.3 Å². The normalized spacial score (nSPS) is 9.87. The number of hydrogen-bond acceptors (Lipinski definition) is 7. The summed E-state index contributed by atoms with van der Waals surface area (Å²) in [5.74, 6) is -0.110. The van der Waals surface area contributed by atoms with Gasteiger partial charge in [-0.3, -0.25) is 20.4 Å². The largest absolute Gasteiger partial charge is 0.497 e. The number of hydrogen-bond donors (Lipinski definition) is 4. The third kappa shape index (κ3) is 8.52. The number of hydrazine groups is 1. The molecule has 0 saturated carbocycles. The molecule has 0 radical (unpaired) electrons. The highest BCUT2D eigenvalue weighted by Crippen LogP contribution is 2.15. The molecule has 2 aromatic rings. The second-order valence-electron chi connectivity index (χ2n) is 5.97. The average Bonchev–Trinajstić information content (AvgIpc) is 2.78. The smallest absolute Gasteiger partial charge is 0.337 e. The lowest BCUT2D eigenvalue weighted by Crippen LogP contribution is -2.44. The Morgan fingerprint density at radius 3 is 2.03 bits per heavy atom. The molecule has 0 aliphatic heterocycles. The van der Waals surface area contributed by atoms with E-state index in [1.165, 1.54) is 7.11 Å². The van der Waals surface area contributed by atoms with E-state index < -0.39 is 5.97 Å². The highest BCUT2D eigenvalue weighted by atomic mass is 32.2. The number of ether oxygens (including phenoxy) is 2.